The summed E-state index contributed by atoms with van der Waals surface area (Å²) in [5.74, 6) is 0. The molecule has 0 spiro atoms. The summed E-state index contributed by atoms with van der Waals surface area (Å²) >= 11 is 3.62. The normalized spacial score (nSPS) is 8.62. The van der Waals surface area contributed by atoms with Gasteiger partial charge in [0.25, 0.3) is 0 Å². The second-order valence-electron chi connectivity index (χ2n) is 2.38. The third-order valence-electron chi connectivity index (χ3n) is 0.375. The van der Waals surface area contributed by atoms with E-state index in [0.717, 1.165) is 0 Å². The second kappa shape index (κ2) is 6.25. The Labute approximate surface area is 73.7 Å². The van der Waals surface area contributed by atoms with Crippen LogP contribution in [-0.4, -0.2) is 8.07 Å². The predicted octanol–water partition coefficient (Wildman–Crippen LogP) is 2.34. The second-order valence-corrected chi connectivity index (χ2v) is 7.12. The van der Waals surface area contributed by atoms with E-state index in [1.807, 2.05) is 0 Å². The molecule has 0 unspecified atom stereocenters. The SMILES string of the molecule is [C-]#C[Si](C)(C)C.[Zn+][I]. The molecule has 0 aromatic carbocycles. The molecule has 0 aromatic rings. The summed E-state index contributed by atoms with van der Waals surface area (Å²) in [5, 5.41) is 0. The van der Waals surface area contributed by atoms with Crippen LogP contribution in [0.25, 0.3) is 0 Å². The molecule has 0 atom stereocenters. The van der Waals surface area contributed by atoms with Crippen molar-refractivity contribution in [2.75, 3.05) is 0 Å². The molecule has 3 heteroatoms. The Kier molecular flexibility index (Phi) is 9.28. The Morgan fingerprint density at radius 3 is 1.50 bits per heavy atom. The molecular formula is C5H9ISiZn. The van der Waals surface area contributed by atoms with E-state index in [0.29, 0.717) is 0 Å². The van der Waals surface area contributed by atoms with Gasteiger partial charge in [0.1, 0.15) is 0 Å². The van der Waals surface area contributed by atoms with E-state index < -0.39 is 8.07 Å². The molecule has 8 heavy (non-hydrogen) atoms. The van der Waals surface area contributed by atoms with Crippen LogP contribution in [0.1, 0.15) is 0 Å². The van der Waals surface area contributed by atoms with Gasteiger partial charge in [-0.25, -0.2) is 0 Å². The molecule has 0 amide bonds. The van der Waals surface area contributed by atoms with E-state index in [1.165, 1.54) is 14.8 Å². The van der Waals surface area contributed by atoms with Gasteiger partial charge in [0.2, 0.25) is 0 Å². The van der Waals surface area contributed by atoms with Gasteiger partial charge in [-0.15, -0.1) is 0 Å². The van der Waals surface area contributed by atoms with Crippen molar-refractivity contribution in [3.05, 3.63) is 6.42 Å². The fourth-order valence-electron chi connectivity index (χ4n) is 0. The molecule has 0 bridgehead atoms. The molecule has 0 saturated heterocycles. The van der Waals surface area contributed by atoms with Crippen molar-refractivity contribution < 1.29 is 14.8 Å². The van der Waals surface area contributed by atoms with Crippen molar-refractivity contribution in [2.45, 2.75) is 19.6 Å². The van der Waals surface area contributed by atoms with Gasteiger partial charge < -0.3 is 12.0 Å². The van der Waals surface area contributed by atoms with Crippen molar-refractivity contribution in [3.8, 4) is 5.54 Å². The Balaban J connectivity index is 0. The van der Waals surface area contributed by atoms with Gasteiger partial charge in [0.15, 0.2) is 0 Å². The average molecular weight is 290 g/mol. The van der Waals surface area contributed by atoms with Crippen molar-refractivity contribution in [1.29, 1.82) is 0 Å². The number of rotatable bonds is 0. The molecule has 0 saturated carbocycles. The summed E-state index contributed by atoms with van der Waals surface area (Å²) in [4.78, 5) is 0. The third-order valence-corrected chi connectivity index (χ3v) is 1.12. The van der Waals surface area contributed by atoms with Crippen LogP contribution in [0.4, 0.5) is 0 Å². The van der Waals surface area contributed by atoms with Gasteiger partial charge in [-0.05, 0) is 0 Å². The van der Waals surface area contributed by atoms with E-state index in [2.05, 4.69) is 44.9 Å². The molecular weight excluding hydrogens is 280 g/mol. The van der Waals surface area contributed by atoms with E-state index in [-0.39, 0.29) is 0 Å². The molecule has 0 rings (SSSR count). The molecule has 42 valence electrons. The molecule has 0 heterocycles. The van der Waals surface area contributed by atoms with E-state index in [1.54, 1.807) is 0 Å². The summed E-state index contributed by atoms with van der Waals surface area (Å²) in [5.41, 5.74) is 2.49. The van der Waals surface area contributed by atoms with Gasteiger partial charge in [-0.1, -0.05) is 19.6 Å². The van der Waals surface area contributed by atoms with Crippen molar-refractivity contribution in [2.24, 2.45) is 0 Å². The quantitative estimate of drug-likeness (QED) is 0.278. The summed E-state index contributed by atoms with van der Waals surface area (Å²) in [6, 6.07) is 0. The molecule has 0 aliphatic rings. The van der Waals surface area contributed by atoms with E-state index >= 15 is 0 Å². The molecule has 0 aliphatic heterocycles. The minimum absolute atomic E-state index is 1.21. The van der Waals surface area contributed by atoms with E-state index in [9.17, 15) is 0 Å². The molecule has 0 N–H and O–H groups in total. The predicted molar refractivity (Wildman–Crippen MR) is 44.5 cm³/mol. The zero-order valence-corrected chi connectivity index (χ0v) is 11.7. The van der Waals surface area contributed by atoms with Gasteiger partial charge in [0, 0.05) is 0 Å². The topological polar surface area (TPSA) is 0 Å². The Morgan fingerprint density at radius 1 is 1.38 bits per heavy atom. The molecule has 0 radical (unpaired) electrons. The number of hydrogen-bond donors (Lipinski definition) is 0. The van der Waals surface area contributed by atoms with Crippen LogP contribution < -0.4 is 0 Å². The van der Waals surface area contributed by atoms with E-state index in [4.69, 9.17) is 6.42 Å². The van der Waals surface area contributed by atoms with Crippen molar-refractivity contribution in [1.82, 2.24) is 0 Å². The van der Waals surface area contributed by atoms with Crippen LogP contribution >= 0.6 is 19.8 Å². The van der Waals surface area contributed by atoms with Gasteiger partial charge in [0.05, 0.1) is 8.07 Å². The summed E-state index contributed by atoms with van der Waals surface area (Å²) in [7, 11) is -1.21. The summed E-state index contributed by atoms with van der Waals surface area (Å²) < 4.78 is 0. The third kappa shape index (κ3) is 15.7. The minimum atomic E-state index is -1.21. The van der Waals surface area contributed by atoms with Crippen LogP contribution in [0.3, 0.4) is 0 Å². The van der Waals surface area contributed by atoms with Crippen LogP contribution in [0.15, 0.2) is 0 Å². The monoisotopic (exact) mass is 288 g/mol. The van der Waals surface area contributed by atoms with Crippen molar-refractivity contribution >= 4 is 27.8 Å². The first-order chi connectivity index (χ1) is 3.56. The summed E-state index contributed by atoms with van der Waals surface area (Å²) in [6.45, 7) is 6.25. The molecule has 0 aliphatic carbocycles. The fraction of sp³-hybridized carbons (Fsp3) is 0.600. The Bertz CT molecular complexity index is 79.4. The molecule has 0 aromatic heterocycles. The number of hydrogen-bond acceptors (Lipinski definition) is 0. The Morgan fingerprint density at radius 2 is 1.50 bits per heavy atom. The number of halogens is 1. The van der Waals surface area contributed by atoms with Crippen LogP contribution in [0.5, 0.6) is 0 Å². The van der Waals surface area contributed by atoms with Crippen LogP contribution in [0.2, 0.25) is 19.6 Å². The van der Waals surface area contributed by atoms with Crippen molar-refractivity contribution in [3.63, 3.8) is 0 Å². The van der Waals surface area contributed by atoms with Crippen LogP contribution in [-0.2, 0) is 14.8 Å². The first-order valence-electron chi connectivity index (χ1n) is 2.27. The first-order valence-corrected chi connectivity index (χ1v) is 14.8. The maximum absolute atomic E-state index is 6.67. The fourth-order valence-corrected chi connectivity index (χ4v) is 0. The van der Waals surface area contributed by atoms with Crippen LogP contribution in [0, 0.1) is 12.0 Å². The molecule has 0 fully saturated rings. The van der Waals surface area contributed by atoms with Gasteiger partial charge in [-0.3, -0.25) is 0 Å². The first kappa shape index (κ1) is 11.9. The van der Waals surface area contributed by atoms with Gasteiger partial charge in [-0.2, -0.15) is 0 Å². The van der Waals surface area contributed by atoms with Gasteiger partial charge >= 0.3 is 34.5 Å². The standard InChI is InChI=1S/C5H9Si.HI.Zn/c1-5-6(2,3)4;;/h2-4H3;1H;/q-1;;+2/p-1. The Hall–Kier alpha value is 1.13. The summed E-state index contributed by atoms with van der Waals surface area (Å²) in [6.07, 6.45) is 6.67. The molecule has 0 nitrogen and oxygen atoms in total. The maximum atomic E-state index is 6.67. The average Bonchev–Trinajstić information content (AvgIpc) is 1.71. The zero-order chi connectivity index (χ0) is 7.21. The zero-order valence-electron chi connectivity index (χ0n) is 5.59.